The molecule has 2 N–H and O–H groups in total. The number of hydrogen-bond acceptors (Lipinski definition) is 4. The fourth-order valence-electron chi connectivity index (χ4n) is 1.89. The summed E-state index contributed by atoms with van der Waals surface area (Å²) in [5, 5.41) is 7.03. The molecule has 1 aromatic carbocycles. The van der Waals surface area contributed by atoms with Gasteiger partial charge in [0.2, 0.25) is 5.91 Å². The summed E-state index contributed by atoms with van der Waals surface area (Å²) in [7, 11) is 0. The fourth-order valence-corrected chi connectivity index (χ4v) is 2.87. The van der Waals surface area contributed by atoms with Crippen LogP contribution in [0.2, 0.25) is 0 Å². The molecule has 2 rings (SSSR count). The molecule has 0 unspecified atom stereocenters. The summed E-state index contributed by atoms with van der Waals surface area (Å²) in [4.78, 5) is 16.8. The zero-order valence-corrected chi connectivity index (χ0v) is 13.0. The molecular formula is C15H19N3OS. The van der Waals surface area contributed by atoms with Crippen molar-refractivity contribution in [1.29, 1.82) is 0 Å². The molecule has 1 heterocycles. The van der Waals surface area contributed by atoms with Gasteiger partial charge in [0.15, 0.2) is 5.13 Å². The third kappa shape index (κ3) is 3.57. The zero-order chi connectivity index (χ0) is 14.7. The summed E-state index contributed by atoms with van der Waals surface area (Å²) in [6.45, 7) is 7.76. The van der Waals surface area contributed by atoms with E-state index in [9.17, 15) is 4.79 Å². The summed E-state index contributed by atoms with van der Waals surface area (Å²) in [6.07, 6.45) is 0. The Hall–Kier alpha value is -1.88. The van der Waals surface area contributed by atoms with Crippen LogP contribution in [0.4, 0.5) is 10.8 Å². The van der Waals surface area contributed by atoms with E-state index in [-0.39, 0.29) is 5.91 Å². The summed E-state index contributed by atoms with van der Waals surface area (Å²) < 4.78 is 0. The van der Waals surface area contributed by atoms with Gasteiger partial charge < -0.3 is 10.6 Å². The Balaban J connectivity index is 2.23. The van der Waals surface area contributed by atoms with Gasteiger partial charge in [-0.25, -0.2) is 4.98 Å². The number of thiazole rings is 1. The van der Waals surface area contributed by atoms with Gasteiger partial charge in [-0.05, 0) is 32.9 Å². The number of aryl methyl sites for hydroxylation is 1. The maximum atomic E-state index is 11.0. The van der Waals surface area contributed by atoms with E-state index in [0.29, 0.717) is 6.04 Å². The number of hydrogen-bond donors (Lipinski definition) is 2. The van der Waals surface area contributed by atoms with Gasteiger partial charge in [-0.3, -0.25) is 4.79 Å². The Kier molecular flexibility index (Phi) is 4.39. The number of nitrogens with one attached hydrogen (secondary N) is 2. The summed E-state index contributed by atoms with van der Waals surface area (Å²) >= 11 is 1.66. The number of amides is 1. The quantitative estimate of drug-likeness (QED) is 0.897. The molecule has 0 radical (unpaired) electrons. The Bertz CT molecular complexity index is 602. The number of anilines is 2. The van der Waals surface area contributed by atoms with E-state index in [2.05, 4.69) is 36.4 Å². The van der Waals surface area contributed by atoms with Gasteiger partial charge >= 0.3 is 0 Å². The molecule has 0 aliphatic rings. The lowest BCUT2D eigenvalue weighted by atomic mass is 10.1. The van der Waals surface area contributed by atoms with Crippen molar-refractivity contribution in [3.05, 3.63) is 29.1 Å². The van der Waals surface area contributed by atoms with Crippen molar-refractivity contribution >= 4 is 28.1 Å². The summed E-state index contributed by atoms with van der Waals surface area (Å²) in [5.41, 5.74) is 2.85. The lowest BCUT2D eigenvalue weighted by Gasteiger charge is -2.05. The zero-order valence-electron chi connectivity index (χ0n) is 12.2. The number of benzene rings is 1. The van der Waals surface area contributed by atoms with Gasteiger partial charge in [0.1, 0.15) is 0 Å². The predicted octanol–water partition coefficient (Wildman–Crippen LogP) is 3.90. The molecule has 106 valence electrons. The van der Waals surface area contributed by atoms with Crippen molar-refractivity contribution in [2.45, 2.75) is 33.7 Å². The average Bonchev–Trinajstić information content (AvgIpc) is 2.69. The van der Waals surface area contributed by atoms with Crippen LogP contribution in [-0.2, 0) is 4.79 Å². The molecule has 0 saturated heterocycles. The van der Waals surface area contributed by atoms with Crippen LogP contribution in [0.15, 0.2) is 24.3 Å². The van der Waals surface area contributed by atoms with Gasteiger partial charge in [0.25, 0.3) is 0 Å². The molecular weight excluding hydrogens is 270 g/mol. The molecule has 0 bridgehead atoms. The molecule has 20 heavy (non-hydrogen) atoms. The van der Waals surface area contributed by atoms with E-state index in [1.54, 1.807) is 11.3 Å². The number of carbonyl (C=O) groups is 1. The van der Waals surface area contributed by atoms with E-state index in [1.165, 1.54) is 11.8 Å². The van der Waals surface area contributed by atoms with Crippen LogP contribution in [-0.4, -0.2) is 16.9 Å². The first kappa shape index (κ1) is 14.5. The highest BCUT2D eigenvalue weighted by atomic mass is 32.1. The number of aromatic nitrogens is 1. The molecule has 1 aromatic heterocycles. The topological polar surface area (TPSA) is 54.0 Å². The normalized spacial score (nSPS) is 10.7. The van der Waals surface area contributed by atoms with Crippen molar-refractivity contribution in [1.82, 2.24) is 4.98 Å². The Morgan fingerprint density at radius 1 is 1.25 bits per heavy atom. The van der Waals surface area contributed by atoms with Crippen molar-refractivity contribution in [2.75, 3.05) is 10.6 Å². The second-order valence-corrected chi connectivity index (χ2v) is 6.18. The van der Waals surface area contributed by atoms with Crippen molar-refractivity contribution in [3.63, 3.8) is 0 Å². The minimum Gasteiger partial charge on any atom is -0.359 e. The van der Waals surface area contributed by atoms with Gasteiger partial charge in [-0.2, -0.15) is 0 Å². The molecule has 0 aliphatic heterocycles. The molecule has 4 nitrogen and oxygen atoms in total. The van der Waals surface area contributed by atoms with Crippen molar-refractivity contribution in [2.24, 2.45) is 0 Å². The van der Waals surface area contributed by atoms with E-state index < -0.39 is 0 Å². The molecule has 0 aliphatic carbocycles. The average molecular weight is 289 g/mol. The monoisotopic (exact) mass is 289 g/mol. The largest absolute Gasteiger partial charge is 0.359 e. The molecule has 0 spiro atoms. The minimum atomic E-state index is -0.0639. The highest BCUT2D eigenvalue weighted by molar-refractivity contribution is 7.16. The second kappa shape index (κ2) is 6.05. The molecule has 0 fully saturated rings. The lowest BCUT2D eigenvalue weighted by Crippen LogP contribution is -2.08. The fraction of sp³-hybridized carbons (Fsp3) is 0.333. The first-order valence-electron chi connectivity index (χ1n) is 6.57. The van der Waals surface area contributed by atoms with Crippen LogP contribution >= 0.6 is 11.3 Å². The third-order valence-electron chi connectivity index (χ3n) is 2.69. The Morgan fingerprint density at radius 3 is 2.45 bits per heavy atom. The number of nitrogens with zero attached hydrogens (tertiary/aromatic N) is 1. The van der Waals surface area contributed by atoms with Crippen LogP contribution in [0.5, 0.6) is 0 Å². The number of rotatable bonds is 4. The van der Waals surface area contributed by atoms with E-state index in [4.69, 9.17) is 0 Å². The number of carbonyl (C=O) groups excluding carboxylic acids is 1. The maximum Gasteiger partial charge on any atom is 0.221 e. The lowest BCUT2D eigenvalue weighted by molar-refractivity contribution is -0.114. The first-order chi connectivity index (χ1) is 9.45. The summed E-state index contributed by atoms with van der Waals surface area (Å²) in [6, 6.07) is 8.12. The van der Waals surface area contributed by atoms with Crippen LogP contribution in [0.25, 0.3) is 11.3 Å². The standard InChI is InChI=1S/C15H19N3OS/c1-9(2)16-15-18-14(10(3)20-15)12-5-7-13(8-6-12)17-11(4)19/h5-9H,1-4H3,(H,16,18)(H,17,19). The Morgan fingerprint density at radius 2 is 1.90 bits per heavy atom. The van der Waals surface area contributed by atoms with Gasteiger partial charge in [-0.15, -0.1) is 11.3 Å². The summed E-state index contributed by atoms with van der Waals surface area (Å²) in [5.74, 6) is -0.0639. The van der Waals surface area contributed by atoms with Gasteiger partial charge in [0, 0.05) is 29.1 Å². The van der Waals surface area contributed by atoms with Crippen LogP contribution in [0.1, 0.15) is 25.6 Å². The predicted molar refractivity (Wildman–Crippen MR) is 85.3 cm³/mol. The smallest absolute Gasteiger partial charge is 0.221 e. The maximum absolute atomic E-state index is 11.0. The van der Waals surface area contributed by atoms with Crippen LogP contribution in [0, 0.1) is 6.92 Å². The second-order valence-electron chi connectivity index (χ2n) is 4.98. The van der Waals surface area contributed by atoms with E-state index in [1.807, 2.05) is 24.3 Å². The third-order valence-corrected chi connectivity index (χ3v) is 3.59. The molecule has 0 saturated carbocycles. The highest BCUT2D eigenvalue weighted by Gasteiger charge is 2.10. The molecule has 5 heteroatoms. The van der Waals surface area contributed by atoms with Gasteiger partial charge in [0.05, 0.1) is 5.69 Å². The highest BCUT2D eigenvalue weighted by Crippen LogP contribution is 2.31. The van der Waals surface area contributed by atoms with E-state index >= 15 is 0 Å². The molecule has 0 atom stereocenters. The molecule has 2 aromatic rings. The minimum absolute atomic E-state index is 0.0639. The van der Waals surface area contributed by atoms with Crippen molar-refractivity contribution < 1.29 is 4.79 Å². The molecule has 1 amide bonds. The van der Waals surface area contributed by atoms with Gasteiger partial charge in [-0.1, -0.05) is 12.1 Å². The van der Waals surface area contributed by atoms with Crippen LogP contribution < -0.4 is 10.6 Å². The SMILES string of the molecule is CC(=O)Nc1ccc(-c2nc(NC(C)C)sc2C)cc1. The Labute approximate surface area is 123 Å². The first-order valence-corrected chi connectivity index (χ1v) is 7.39. The van der Waals surface area contributed by atoms with Crippen molar-refractivity contribution in [3.8, 4) is 11.3 Å². The van der Waals surface area contributed by atoms with E-state index in [0.717, 1.165) is 22.1 Å². The van der Waals surface area contributed by atoms with Crippen LogP contribution in [0.3, 0.4) is 0 Å².